The quantitative estimate of drug-likeness (QED) is 0.880. The van der Waals surface area contributed by atoms with Gasteiger partial charge >= 0.3 is 0 Å². The van der Waals surface area contributed by atoms with Crippen molar-refractivity contribution in [2.24, 2.45) is 5.73 Å². The van der Waals surface area contributed by atoms with Crippen molar-refractivity contribution in [3.05, 3.63) is 46.3 Å². The van der Waals surface area contributed by atoms with Crippen LogP contribution in [0.3, 0.4) is 0 Å². The van der Waals surface area contributed by atoms with Crippen molar-refractivity contribution in [3.63, 3.8) is 0 Å². The molecule has 19 heavy (non-hydrogen) atoms. The topological polar surface area (TPSA) is 42.1 Å². The molecular weight excluding hydrogens is 254 g/mol. The Morgan fingerprint density at radius 2 is 2.26 bits per heavy atom. The first kappa shape index (κ1) is 12.6. The van der Waals surface area contributed by atoms with Crippen molar-refractivity contribution in [2.45, 2.75) is 31.8 Å². The summed E-state index contributed by atoms with van der Waals surface area (Å²) in [4.78, 5) is 7.06. The lowest BCUT2D eigenvalue weighted by Crippen LogP contribution is -2.27. The minimum Gasteiger partial charge on any atom is -0.349 e. The molecule has 0 unspecified atom stereocenters. The molecule has 2 aromatic rings. The Balaban J connectivity index is 1.87. The predicted molar refractivity (Wildman–Crippen MR) is 80.5 cm³/mol. The van der Waals surface area contributed by atoms with Crippen LogP contribution in [-0.2, 0) is 13.0 Å². The van der Waals surface area contributed by atoms with Crippen LogP contribution in [0.5, 0.6) is 0 Å². The van der Waals surface area contributed by atoms with Crippen LogP contribution in [0.4, 0.5) is 5.82 Å². The van der Waals surface area contributed by atoms with Crippen molar-refractivity contribution in [3.8, 4) is 0 Å². The number of hydrogen-bond acceptors (Lipinski definition) is 4. The molecule has 1 aliphatic carbocycles. The van der Waals surface area contributed by atoms with E-state index in [9.17, 15) is 0 Å². The molecule has 0 atom stereocenters. The second kappa shape index (κ2) is 5.72. The smallest absolute Gasteiger partial charge is 0.132 e. The van der Waals surface area contributed by atoms with E-state index < -0.39 is 0 Å². The fourth-order valence-corrected chi connectivity index (χ4v) is 3.04. The SMILES string of the molecule is NCCc1cccnc1N(Cc1ccsc1)C1CC1. The van der Waals surface area contributed by atoms with Crippen molar-refractivity contribution in [1.29, 1.82) is 0 Å². The maximum absolute atomic E-state index is 5.71. The van der Waals surface area contributed by atoms with Gasteiger partial charge in [0, 0.05) is 18.8 Å². The number of anilines is 1. The zero-order chi connectivity index (χ0) is 13.1. The Morgan fingerprint density at radius 1 is 1.37 bits per heavy atom. The Hall–Kier alpha value is -1.39. The van der Waals surface area contributed by atoms with Gasteiger partial charge in [0.15, 0.2) is 0 Å². The van der Waals surface area contributed by atoms with Crippen LogP contribution in [0, 0.1) is 0 Å². The van der Waals surface area contributed by atoms with E-state index in [1.165, 1.54) is 24.0 Å². The lowest BCUT2D eigenvalue weighted by Gasteiger charge is -2.25. The summed E-state index contributed by atoms with van der Waals surface area (Å²) in [6.45, 7) is 1.64. The molecule has 4 heteroatoms. The average Bonchev–Trinajstić information content (AvgIpc) is 3.15. The normalized spacial score (nSPS) is 14.6. The highest BCUT2D eigenvalue weighted by Crippen LogP contribution is 2.34. The molecule has 3 rings (SSSR count). The Bertz CT molecular complexity index is 520. The van der Waals surface area contributed by atoms with E-state index in [1.807, 2.05) is 12.3 Å². The van der Waals surface area contributed by atoms with Gasteiger partial charge in [0.1, 0.15) is 5.82 Å². The molecule has 0 bridgehead atoms. The second-order valence-electron chi connectivity index (χ2n) is 5.02. The molecule has 1 fully saturated rings. The van der Waals surface area contributed by atoms with Crippen LogP contribution in [0.25, 0.3) is 0 Å². The lowest BCUT2D eigenvalue weighted by molar-refractivity contribution is 0.768. The highest BCUT2D eigenvalue weighted by atomic mass is 32.1. The van der Waals surface area contributed by atoms with Gasteiger partial charge in [0.05, 0.1) is 0 Å². The summed E-state index contributed by atoms with van der Waals surface area (Å²) >= 11 is 1.76. The van der Waals surface area contributed by atoms with Gasteiger partial charge in [-0.05, 0) is 59.8 Å². The molecule has 1 saturated carbocycles. The number of aromatic nitrogens is 1. The van der Waals surface area contributed by atoms with Crippen LogP contribution >= 0.6 is 11.3 Å². The molecule has 0 amide bonds. The third-order valence-electron chi connectivity index (χ3n) is 3.47. The number of thiophene rings is 1. The summed E-state index contributed by atoms with van der Waals surface area (Å²) < 4.78 is 0. The zero-order valence-corrected chi connectivity index (χ0v) is 11.8. The van der Waals surface area contributed by atoms with Gasteiger partial charge in [0.2, 0.25) is 0 Å². The van der Waals surface area contributed by atoms with Crippen LogP contribution in [0.15, 0.2) is 35.2 Å². The molecule has 0 aromatic carbocycles. The Labute approximate surface area is 118 Å². The first-order valence-corrected chi connectivity index (χ1v) is 7.74. The van der Waals surface area contributed by atoms with Gasteiger partial charge < -0.3 is 10.6 Å². The van der Waals surface area contributed by atoms with E-state index in [0.29, 0.717) is 12.6 Å². The van der Waals surface area contributed by atoms with E-state index in [4.69, 9.17) is 5.73 Å². The number of hydrogen-bond donors (Lipinski definition) is 1. The molecule has 0 saturated heterocycles. The maximum Gasteiger partial charge on any atom is 0.132 e. The fourth-order valence-electron chi connectivity index (χ4n) is 2.38. The Morgan fingerprint density at radius 3 is 2.95 bits per heavy atom. The van der Waals surface area contributed by atoms with E-state index >= 15 is 0 Å². The largest absolute Gasteiger partial charge is 0.349 e. The molecule has 2 heterocycles. The van der Waals surface area contributed by atoms with Gasteiger partial charge in [-0.2, -0.15) is 11.3 Å². The van der Waals surface area contributed by atoms with Gasteiger partial charge in [-0.15, -0.1) is 0 Å². The van der Waals surface area contributed by atoms with Crippen LogP contribution < -0.4 is 10.6 Å². The molecular formula is C15H19N3S. The molecule has 0 radical (unpaired) electrons. The highest BCUT2D eigenvalue weighted by Gasteiger charge is 2.31. The fraction of sp³-hybridized carbons (Fsp3) is 0.400. The second-order valence-corrected chi connectivity index (χ2v) is 5.80. The summed E-state index contributed by atoms with van der Waals surface area (Å²) in [7, 11) is 0. The first-order valence-electron chi connectivity index (χ1n) is 6.80. The summed E-state index contributed by atoms with van der Waals surface area (Å²) in [5.41, 5.74) is 8.36. The van der Waals surface area contributed by atoms with E-state index in [1.54, 1.807) is 11.3 Å². The standard InChI is InChI=1S/C15H19N3S/c16-7-5-13-2-1-8-17-15(13)18(14-3-4-14)10-12-6-9-19-11-12/h1-2,6,8-9,11,14H,3-5,7,10,16H2. The van der Waals surface area contributed by atoms with Gasteiger partial charge in [-0.1, -0.05) is 6.07 Å². The number of nitrogens with zero attached hydrogens (tertiary/aromatic N) is 2. The third kappa shape index (κ3) is 2.96. The van der Waals surface area contributed by atoms with Gasteiger partial charge in [0.25, 0.3) is 0 Å². The van der Waals surface area contributed by atoms with Crippen LogP contribution in [-0.4, -0.2) is 17.6 Å². The first-order chi connectivity index (χ1) is 9.38. The summed E-state index contributed by atoms with van der Waals surface area (Å²) in [6, 6.07) is 7.01. The van der Waals surface area contributed by atoms with Gasteiger partial charge in [-0.3, -0.25) is 0 Å². The number of pyridine rings is 1. The number of nitrogens with two attached hydrogens (primary N) is 1. The monoisotopic (exact) mass is 273 g/mol. The van der Waals surface area contributed by atoms with Crippen LogP contribution in [0.2, 0.25) is 0 Å². The number of rotatable bonds is 6. The molecule has 2 N–H and O–H groups in total. The summed E-state index contributed by atoms with van der Waals surface area (Å²) in [6.07, 6.45) is 5.35. The lowest BCUT2D eigenvalue weighted by atomic mass is 10.1. The minimum absolute atomic E-state index is 0.659. The maximum atomic E-state index is 5.71. The van der Waals surface area contributed by atoms with E-state index in [0.717, 1.165) is 18.8 Å². The van der Waals surface area contributed by atoms with E-state index in [2.05, 4.69) is 32.8 Å². The van der Waals surface area contributed by atoms with Gasteiger partial charge in [-0.25, -0.2) is 4.98 Å². The molecule has 2 aromatic heterocycles. The average molecular weight is 273 g/mol. The summed E-state index contributed by atoms with van der Waals surface area (Å²) in [5, 5.41) is 4.36. The molecule has 0 aliphatic heterocycles. The molecule has 3 nitrogen and oxygen atoms in total. The summed E-state index contributed by atoms with van der Waals surface area (Å²) in [5.74, 6) is 1.13. The highest BCUT2D eigenvalue weighted by molar-refractivity contribution is 7.07. The third-order valence-corrected chi connectivity index (χ3v) is 4.21. The predicted octanol–water partition coefficient (Wildman–Crippen LogP) is 2.81. The minimum atomic E-state index is 0.659. The van der Waals surface area contributed by atoms with Crippen LogP contribution in [0.1, 0.15) is 24.0 Å². The molecule has 1 aliphatic rings. The molecule has 100 valence electrons. The van der Waals surface area contributed by atoms with Crippen molar-refractivity contribution >= 4 is 17.2 Å². The molecule has 0 spiro atoms. The van der Waals surface area contributed by atoms with Crippen molar-refractivity contribution in [1.82, 2.24) is 4.98 Å². The van der Waals surface area contributed by atoms with Crippen molar-refractivity contribution < 1.29 is 0 Å². The Kier molecular flexibility index (Phi) is 3.80. The van der Waals surface area contributed by atoms with Crippen molar-refractivity contribution in [2.75, 3.05) is 11.4 Å². The zero-order valence-electron chi connectivity index (χ0n) is 11.0. The van der Waals surface area contributed by atoms with E-state index in [-0.39, 0.29) is 0 Å².